The Morgan fingerprint density at radius 3 is 2.71 bits per heavy atom. The monoisotopic (exact) mass is 332 g/mol. The number of carboxylic acid groups (broad SMARTS) is 1. The lowest BCUT2D eigenvalue weighted by molar-refractivity contribution is -0.149. The van der Waals surface area contributed by atoms with Crippen LogP contribution >= 0.6 is 0 Å². The van der Waals surface area contributed by atoms with Crippen LogP contribution in [0.25, 0.3) is 0 Å². The number of carbonyl (C=O) groups is 2. The van der Waals surface area contributed by atoms with E-state index >= 15 is 0 Å². The molecule has 0 saturated carbocycles. The summed E-state index contributed by atoms with van der Waals surface area (Å²) in [4.78, 5) is 24.1. The van der Waals surface area contributed by atoms with Crippen LogP contribution in [0.3, 0.4) is 0 Å². The number of aryl methyl sites for hydroxylation is 2. The van der Waals surface area contributed by atoms with Gasteiger partial charge in [-0.15, -0.1) is 0 Å². The van der Waals surface area contributed by atoms with Crippen molar-refractivity contribution >= 4 is 17.6 Å². The Morgan fingerprint density at radius 2 is 1.96 bits per heavy atom. The number of hydrogen-bond acceptors (Lipinski definition) is 3. The van der Waals surface area contributed by atoms with Gasteiger partial charge in [0.1, 0.15) is 5.92 Å². The van der Waals surface area contributed by atoms with Crippen LogP contribution in [-0.2, 0) is 22.4 Å². The minimum atomic E-state index is -1.06. The third kappa shape index (κ3) is 4.98. The van der Waals surface area contributed by atoms with E-state index in [1.807, 2.05) is 0 Å². The average Bonchev–Trinajstić information content (AvgIpc) is 3.03. The fourth-order valence-electron chi connectivity index (χ4n) is 3.11. The largest absolute Gasteiger partial charge is 0.481 e. The van der Waals surface area contributed by atoms with Gasteiger partial charge in [-0.3, -0.25) is 9.59 Å². The van der Waals surface area contributed by atoms with Crippen molar-refractivity contribution in [2.75, 3.05) is 25.5 Å². The first-order valence-corrected chi connectivity index (χ1v) is 8.82. The molecule has 0 spiro atoms. The third-order valence-electron chi connectivity index (χ3n) is 4.71. The van der Waals surface area contributed by atoms with Gasteiger partial charge in [-0.25, -0.2) is 0 Å². The molecule has 1 atom stereocenters. The summed E-state index contributed by atoms with van der Waals surface area (Å²) in [6, 6.07) is 6.65. The Labute approximate surface area is 144 Å². The van der Waals surface area contributed by atoms with Crippen molar-refractivity contribution in [3.05, 3.63) is 29.3 Å². The number of amides is 1. The molecule has 1 aliphatic carbocycles. The predicted octanol–water partition coefficient (Wildman–Crippen LogP) is 2.94. The highest BCUT2D eigenvalue weighted by Gasteiger charge is 2.23. The topological polar surface area (TPSA) is 69.6 Å². The molecular formula is C19H28N2O3. The summed E-state index contributed by atoms with van der Waals surface area (Å²) in [5.41, 5.74) is 4.16. The second kappa shape index (κ2) is 8.71. The minimum absolute atomic E-state index is 0.321. The predicted molar refractivity (Wildman–Crippen MR) is 95.2 cm³/mol. The summed E-state index contributed by atoms with van der Waals surface area (Å²) >= 11 is 0. The number of hydrogen-bond donors (Lipinski definition) is 2. The van der Waals surface area contributed by atoms with Crippen LogP contribution in [0.15, 0.2) is 18.2 Å². The summed E-state index contributed by atoms with van der Waals surface area (Å²) in [5.74, 6) is -2.35. The number of fused-ring (bicyclic) bond motifs is 1. The molecule has 0 bridgehead atoms. The van der Waals surface area contributed by atoms with E-state index in [0.717, 1.165) is 25.8 Å². The number of carboxylic acids is 1. The van der Waals surface area contributed by atoms with Crippen LogP contribution in [0, 0.1) is 5.92 Å². The van der Waals surface area contributed by atoms with Crippen LogP contribution in [0.5, 0.6) is 0 Å². The molecule has 1 aliphatic rings. The van der Waals surface area contributed by atoms with Crippen molar-refractivity contribution < 1.29 is 14.7 Å². The first-order valence-electron chi connectivity index (χ1n) is 8.82. The number of benzene rings is 1. The van der Waals surface area contributed by atoms with Gasteiger partial charge in [-0.05, 0) is 68.7 Å². The van der Waals surface area contributed by atoms with Crippen molar-refractivity contribution in [1.82, 2.24) is 4.90 Å². The summed E-state index contributed by atoms with van der Waals surface area (Å²) in [6.07, 6.45) is 6.61. The molecule has 5 heteroatoms. The SMILES string of the molecule is CC(C(=O)O)C(=O)N(C)CCCCCNc1ccc2c(c1)CCC2. The van der Waals surface area contributed by atoms with Gasteiger partial charge in [0.05, 0.1) is 0 Å². The van der Waals surface area contributed by atoms with Gasteiger partial charge in [0, 0.05) is 25.8 Å². The van der Waals surface area contributed by atoms with E-state index in [0.29, 0.717) is 6.54 Å². The standard InChI is InChI=1S/C19H28N2O3/c1-14(19(23)24)18(22)21(2)12-5-3-4-11-20-17-10-9-15-7-6-8-16(15)13-17/h9-10,13-14,20H,3-8,11-12H2,1-2H3,(H,23,24). The maximum atomic E-state index is 11.8. The van der Waals surface area contributed by atoms with Gasteiger partial charge < -0.3 is 15.3 Å². The van der Waals surface area contributed by atoms with Crippen molar-refractivity contribution in [3.63, 3.8) is 0 Å². The lowest BCUT2D eigenvalue weighted by atomic mass is 10.1. The molecular weight excluding hydrogens is 304 g/mol. The van der Waals surface area contributed by atoms with Crippen LogP contribution < -0.4 is 5.32 Å². The Bertz CT molecular complexity index is 586. The molecule has 1 aromatic rings. The van der Waals surface area contributed by atoms with Gasteiger partial charge in [0.25, 0.3) is 0 Å². The molecule has 1 amide bonds. The fourth-order valence-corrected chi connectivity index (χ4v) is 3.11. The summed E-state index contributed by atoms with van der Waals surface area (Å²) in [6.45, 7) is 2.96. The molecule has 1 unspecified atom stereocenters. The van der Waals surface area contributed by atoms with E-state index in [-0.39, 0.29) is 5.91 Å². The summed E-state index contributed by atoms with van der Waals surface area (Å²) < 4.78 is 0. The van der Waals surface area contributed by atoms with E-state index in [1.165, 1.54) is 47.9 Å². The van der Waals surface area contributed by atoms with Crippen LogP contribution in [0.2, 0.25) is 0 Å². The molecule has 0 heterocycles. The number of unbranched alkanes of at least 4 members (excludes halogenated alkanes) is 2. The highest BCUT2D eigenvalue weighted by molar-refractivity contribution is 5.96. The zero-order valence-electron chi connectivity index (χ0n) is 14.7. The Balaban J connectivity index is 1.60. The maximum absolute atomic E-state index is 11.8. The maximum Gasteiger partial charge on any atom is 0.315 e. The molecule has 0 saturated heterocycles. The summed E-state index contributed by atoms with van der Waals surface area (Å²) in [5, 5.41) is 12.3. The zero-order valence-corrected chi connectivity index (χ0v) is 14.7. The first kappa shape index (κ1) is 18.3. The van der Waals surface area contributed by atoms with E-state index in [9.17, 15) is 9.59 Å². The average molecular weight is 332 g/mol. The molecule has 5 nitrogen and oxygen atoms in total. The quantitative estimate of drug-likeness (QED) is 0.539. The molecule has 0 radical (unpaired) electrons. The number of nitrogens with zero attached hydrogens (tertiary/aromatic N) is 1. The van der Waals surface area contributed by atoms with Gasteiger partial charge in [0.15, 0.2) is 0 Å². The van der Waals surface area contributed by atoms with E-state index < -0.39 is 11.9 Å². The van der Waals surface area contributed by atoms with Crippen molar-refractivity contribution in [2.24, 2.45) is 5.92 Å². The van der Waals surface area contributed by atoms with Crippen LogP contribution in [0.4, 0.5) is 5.69 Å². The van der Waals surface area contributed by atoms with E-state index in [1.54, 1.807) is 7.05 Å². The van der Waals surface area contributed by atoms with Gasteiger partial charge in [-0.2, -0.15) is 0 Å². The number of rotatable bonds is 9. The number of carbonyl (C=O) groups excluding carboxylic acids is 1. The fraction of sp³-hybridized carbons (Fsp3) is 0.579. The van der Waals surface area contributed by atoms with Gasteiger partial charge in [0.2, 0.25) is 5.91 Å². The lowest BCUT2D eigenvalue weighted by Crippen LogP contribution is -2.35. The molecule has 2 N–H and O–H groups in total. The van der Waals surface area contributed by atoms with Gasteiger partial charge in [-0.1, -0.05) is 6.07 Å². The molecule has 0 aliphatic heterocycles. The van der Waals surface area contributed by atoms with Gasteiger partial charge >= 0.3 is 5.97 Å². The molecule has 0 aromatic heterocycles. The molecule has 0 fully saturated rings. The molecule has 24 heavy (non-hydrogen) atoms. The first-order chi connectivity index (χ1) is 11.5. The second-order valence-electron chi connectivity index (χ2n) is 6.64. The Hall–Kier alpha value is -2.04. The molecule has 132 valence electrons. The third-order valence-corrected chi connectivity index (χ3v) is 4.71. The van der Waals surface area contributed by atoms with Crippen molar-refractivity contribution in [1.29, 1.82) is 0 Å². The molecule has 2 rings (SSSR count). The second-order valence-corrected chi connectivity index (χ2v) is 6.64. The minimum Gasteiger partial charge on any atom is -0.481 e. The number of nitrogens with one attached hydrogen (secondary N) is 1. The van der Waals surface area contributed by atoms with E-state index in [4.69, 9.17) is 5.11 Å². The smallest absolute Gasteiger partial charge is 0.315 e. The van der Waals surface area contributed by atoms with E-state index in [2.05, 4.69) is 23.5 Å². The normalized spacial score (nSPS) is 14.1. The zero-order chi connectivity index (χ0) is 17.5. The van der Waals surface area contributed by atoms with Crippen LogP contribution in [-0.4, -0.2) is 42.0 Å². The number of aliphatic carboxylic acids is 1. The van der Waals surface area contributed by atoms with Crippen molar-refractivity contribution in [3.8, 4) is 0 Å². The lowest BCUT2D eigenvalue weighted by Gasteiger charge is -2.19. The number of anilines is 1. The van der Waals surface area contributed by atoms with Crippen molar-refractivity contribution in [2.45, 2.75) is 45.4 Å². The highest BCUT2D eigenvalue weighted by Crippen LogP contribution is 2.24. The highest BCUT2D eigenvalue weighted by atomic mass is 16.4. The molecule has 1 aromatic carbocycles. The summed E-state index contributed by atoms with van der Waals surface area (Å²) in [7, 11) is 1.67. The van der Waals surface area contributed by atoms with Crippen LogP contribution in [0.1, 0.15) is 43.7 Å². The Morgan fingerprint density at radius 1 is 1.21 bits per heavy atom. The Kier molecular flexibility index (Phi) is 6.64.